The van der Waals surface area contributed by atoms with Crippen LogP contribution in [0, 0.1) is 0 Å². The molecule has 122 valence electrons. The summed E-state index contributed by atoms with van der Waals surface area (Å²) < 4.78 is 0. The van der Waals surface area contributed by atoms with Crippen LogP contribution in [-0.4, -0.2) is 32.6 Å². The van der Waals surface area contributed by atoms with Gasteiger partial charge in [-0.25, -0.2) is 9.59 Å². The van der Waals surface area contributed by atoms with Crippen molar-refractivity contribution in [3.05, 3.63) is 16.3 Å². The zero-order chi connectivity index (χ0) is 17.5. The van der Waals surface area contributed by atoms with Crippen molar-refractivity contribution in [3.63, 3.8) is 0 Å². The Balaban J connectivity index is 3.89. The number of carbonyl (C=O) groups is 2. The van der Waals surface area contributed by atoms with Crippen molar-refractivity contribution < 1.29 is 19.8 Å². The zero-order valence-electron chi connectivity index (χ0n) is 13.4. The number of hydrogen-bond acceptors (Lipinski definition) is 4. The minimum absolute atomic E-state index is 0.136. The molecule has 1 rings (SSSR count). The summed E-state index contributed by atoms with van der Waals surface area (Å²) in [5, 5.41) is 26.0. The fraction of sp³-hybridized carbons (Fsp3) is 0.571. The summed E-state index contributed by atoms with van der Waals surface area (Å²) in [5.41, 5.74) is -0.0164. The number of amides is 2. The molecule has 1 heterocycles. The van der Waals surface area contributed by atoms with Crippen molar-refractivity contribution >= 4 is 29.6 Å². The van der Waals surface area contributed by atoms with Gasteiger partial charge in [0.1, 0.15) is 0 Å². The molecule has 0 aliphatic rings. The fourth-order valence-electron chi connectivity index (χ4n) is 2.22. The lowest BCUT2D eigenvalue weighted by atomic mass is 9.76. The topological polar surface area (TPSA) is 104 Å². The van der Waals surface area contributed by atoms with Gasteiger partial charge in [-0.1, -0.05) is 53.1 Å². The van der Waals surface area contributed by atoms with E-state index in [-0.39, 0.29) is 15.9 Å². The summed E-state index contributed by atoms with van der Waals surface area (Å²) in [4.78, 5) is 22.8. The molecule has 22 heavy (non-hydrogen) atoms. The van der Waals surface area contributed by atoms with E-state index in [1.807, 2.05) is 41.5 Å². The standard InChI is InChI=1S/C14H20ClN3O4/c1-13(2,3)7-8(14(4,5)6)10(17-16-9(7)15)18(11(19)20)12(21)22/h1-6H3,(H,19,20)(H,21,22). The molecule has 0 aliphatic carbocycles. The van der Waals surface area contributed by atoms with E-state index < -0.39 is 23.0 Å². The van der Waals surface area contributed by atoms with Crippen molar-refractivity contribution in [2.75, 3.05) is 4.90 Å². The van der Waals surface area contributed by atoms with E-state index in [0.717, 1.165) is 0 Å². The van der Waals surface area contributed by atoms with Crippen LogP contribution in [0.3, 0.4) is 0 Å². The van der Waals surface area contributed by atoms with Gasteiger partial charge in [0.25, 0.3) is 0 Å². The van der Waals surface area contributed by atoms with Crippen LogP contribution < -0.4 is 4.90 Å². The van der Waals surface area contributed by atoms with Gasteiger partial charge in [0, 0.05) is 11.1 Å². The summed E-state index contributed by atoms with van der Waals surface area (Å²) in [7, 11) is 0. The van der Waals surface area contributed by atoms with Crippen LogP contribution in [0.4, 0.5) is 15.4 Å². The van der Waals surface area contributed by atoms with Gasteiger partial charge in [-0.05, 0) is 10.8 Å². The Hall–Kier alpha value is -1.89. The summed E-state index contributed by atoms with van der Waals surface area (Å²) >= 11 is 6.17. The van der Waals surface area contributed by atoms with Crippen LogP contribution >= 0.6 is 11.6 Å². The van der Waals surface area contributed by atoms with E-state index in [4.69, 9.17) is 11.6 Å². The molecule has 8 heteroatoms. The molecule has 0 saturated carbocycles. The first-order valence-corrected chi connectivity index (χ1v) is 6.99. The number of anilines is 1. The number of hydrogen-bond donors (Lipinski definition) is 2. The van der Waals surface area contributed by atoms with Gasteiger partial charge >= 0.3 is 12.2 Å². The molecule has 2 amide bonds. The Kier molecular flexibility index (Phi) is 4.72. The predicted molar refractivity (Wildman–Crippen MR) is 83.0 cm³/mol. The maximum absolute atomic E-state index is 11.3. The third kappa shape index (κ3) is 3.47. The number of nitrogens with zero attached hydrogens (tertiary/aromatic N) is 3. The van der Waals surface area contributed by atoms with Crippen LogP contribution in [0.15, 0.2) is 0 Å². The Labute approximate surface area is 133 Å². The number of halogens is 1. The van der Waals surface area contributed by atoms with E-state index >= 15 is 0 Å². The summed E-state index contributed by atoms with van der Waals surface area (Å²) in [6, 6.07) is 0. The molecule has 7 nitrogen and oxygen atoms in total. The van der Waals surface area contributed by atoms with E-state index in [1.54, 1.807) is 0 Å². The Morgan fingerprint density at radius 1 is 0.909 bits per heavy atom. The predicted octanol–water partition coefficient (Wildman–Crippen LogP) is 3.89. The van der Waals surface area contributed by atoms with Crippen LogP contribution in [-0.2, 0) is 10.8 Å². The summed E-state index contributed by atoms with van der Waals surface area (Å²) in [6.07, 6.45) is -3.29. The number of rotatable bonds is 1. The van der Waals surface area contributed by atoms with Gasteiger partial charge < -0.3 is 10.2 Å². The van der Waals surface area contributed by atoms with E-state index in [0.29, 0.717) is 11.1 Å². The summed E-state index contributed by atoms with van der Waals surface area (Å²) in [5.74, 6) is -0.234. The lowest BCUT2D eigenvalue weighted by molar-refractivity contribution is 0.184. The van der Waals surface area contributed by atoms with Gasteiger partial charge in [-0.3, -0.25) is 0 Å². The molecule has 0 saturated heterocycles. The van der Waals surface area contributed by atoms with E-state index in [2.05, 4.69) is 10.2 Å². The monoisotopic (exact) mass is 329 g/mol. The minimum Gasteiger partial charge on any atom is -0.464 e. The lowest BCUT2D eigenvalue weighted by Crippen LogP contribution is -2.38. The SMILES string of the molecule is CC(C)(C)c1c(Cl)nnc(N(C(=O)O)C(=O)O)c1C(C)(C)C. The molecule has 0 spiro atoms. The number of imide groups is 1. The highest BCUT2D eigenvalue weighted by Gasteiger charge is 2.37. The third-order valence-corrected chi connectivity index (χ3v) is 3.27. The first-order valence-electron chi connectivity index (χ1n) is 6.61. The molecular weight excluding hydrogens is 310 g/mol. The quantitative estimate of drug-likeness (QED) is 0.810. The maximum atomic E-state index is 11.3. The molecule has 0 atom stereocenters. The largest absolute Gasteiger partial charge is 0.464 e. The highest BCUT2D eigenvalue weighted by atomic mass is 35.5. The molecule has 1 aromatic rings. The van der Waals surface area contributed by atoms with Gasteiger partial charge in [0.15, 0.2) is 11.0 Å². The van der Waals surface area contributed by atoms with Crippen molar-refractivity contribution in [1.82, 2.24) is 10.2 Å². The molecule has 0 fully saturated rings. The zero-order valence-corrected chi connectivity index (χ0v) is 14.2. The van der Waals surface area contributed by atoms with Crippen LogP contribution in [0.2, 0.25) is 5.15 Å². The Bertz CT molecular complexity index is 604. The molecule has 2 N–H and O–H groups in total. The third-order valence-electron chi connectivity index (χ3n) is 3.01. The highest BCUT2D eigenvalue weighted by molar-refractivity contribution is 6.30. The summed E-state index contributed by atoms with van der Waals surface area (Å²) in [6.45, 7) is 11.2. The Morgan fingerprint density at radius 2 is 1.32 bits per heavy atom. The second-order valence-electron chi connectivity index (χ2n) is 6.96. The molecule has 1 aromatic heterocycles. The molecule has 0 bridgehead atoms. The average molecular weight is 330 g/mol. The van der Waals surface area contributed by atoms with Crippen molar-refractivity contribution in [3.8, 4) is 0 Å². The first kappa shape index (κ1) is 18.2. The smallest absolute Gasteiger partial charge is 0.422 e. The lowest BCUT2D eigenvalue weighted by Gasteiger charge is -2.32. The second-order valence-corrected chi connectivity index (χ2v) is 7.32. The van der Waals surface area contributed by atoms with Crippen LogP contribution in [0.25, 0.3) is 0 Å². The maximum Gasteiger partial charge on any atom is 0.422 e. The van der Waals surface area contributed by atoms with Crippen molar-refractivity contribution in [2.45, 2.75) is 52.4 Å². The highest BCUT2D eigenvalue weighted by Crippen LogP contribution is 2.41. The number of aromatic nitrogens is 2. The van der Waals surface area contributed by atoms with Crippen LogP contribution in [0.5, 0.6) is 0 Å². The number of carboxylic acid groups (broad SMARTS) is 2. The second kappa shape index (κ2) is 5.72. The van der Waals surface area contributed by atoms with E-state index in [9.17, 15) is 19.8 Å². The average Bonchev–Trinajstić information content (AvgIpc) is 2.26. The fourth-order valence-corrected chi connectivity index (χ4v) is 2.64. The molecule has 0 radical (unpaired) electrons. The molecular formula is C14H20ClN3O4. The molecule has 0 unspecified atom stereocenters. The minimum atomic E-state index is -1.64. The molecule has 0 aromatic carbocycles. The van der Waals surface area contributed by atoms with E-state index in [1.165, 1.54) is 0 Å². The van der Waals surface area contributed by atoms with Gasteiger partial charge in [-0.15, -0.1) is 10.2 Å². The van der Waals surface area contributed by atoms with Crippen molar-refractivity contribution in [2.24, 2.45) is 0 Å². The molecule has 0 aliphatic heterocycles. The van der Waals surface area contributed by atoms with Gasteiger partial charge in [-0.2, -0.15) is 4.90 Å². The van der Waals surface area contributed by atoms with Crippen molar-refractivity contribution in [1.29, 1.82) is 0 Å². The van der Waals surface area contributed by atoms with Gasteiger partial charge in [0.2, 0.25) is 0 Å². The first-order chi connectivity index (χ1) is 9.78. The van der Waals surface area contributed by atoms with Crippen LogP contribution in [0.1, 0.15) is 52.7 Å². The Morgan fingerprint density at radius 3 is 1.64 bits per heavy atom. The normalized spacial score (nSPS) is 12.1. The van der Waals surface area contributed by atoms with Gasteiger partial charge in [0.05, 0.1) is 0 Å².